The zero-order valence-electron chi connectivity index (χ0n) is 23.1. The van der Waals surface area contributed by atoms with Crippen molar-refractivity contribution in [2.75, 3.05) is 0 Å². The Bertz CT molecular complexity index is 2490. The topological polar surface area (TPSA) is 22.2 Å². The van der Waals surface area contributed by atoms with Gasteiger partial charge in [-0.05, 0) is 104 Å². The summed E-state index contributed by atoms with van der Waals surface area (Å²) in [5.41, 5.74) is 8.59. The first-order chi connectivity index (χ1) is 21.2. The van der Waals surface area contributed by atoms with Crippen LogP contribution in [0.25, 0.3) is 86.9 Å². The second-order valence-corrected chi connectivity index (χ2v) is 11.2. The molecule has 0 saturated carbocycles. The normalized spacial score (nSPS) is 11.7. The fourth-order valence-electron chi connectivity index (χ4n) is 6.82. The van der Waals surface area contributed by atoms with Gasteiger partial charge < -0.3 is 4.57 Å². The maximum absolute atomic E-state index is 7.59. The molecule has 0 fully saturated rings. The van der Waals surface area contributed by atoms with E-state index in [1.807, 2.05) is 36.7 Å². The van der Waals surface area contributed by atoms with E-state index in [0.717, 1.165) is 27.7 Å². The molecule has 0 unspecified atom stereocenters. The predicted octanol–water partition coefficient (Wildman–Crippen LogP) is 11.0. The number of pyridine rings is 1. The number of hydrogen-bond acceptors (Lipinski definition) is 1. The summed E-state index contributed by atoms with van der Waals surface area (Å²) in [6.07, 6.45) is 3.74. The van der Waals surface area contributed by atoms with Crippen molar-refractivity contribution in [3.05, 3.63) is 151 Å². The van der Waals surface area contributed by atoms with E-state index >= 15 is 0 Å². The molecule has 2 heterocycles. The van der Waals surface area contributed by atoms with Crippen molar-refractivity contribution in [3.8, 4) is 27.9 Å². The van der Waals surface area contributed by atoms with Crippen LogP contribution in [-0.4, -0.2) is 9.55 Å². The maximum Gasteiger partial charge on any atom is 0.189 e. The molecular weight excluding hydrogens is 522 g/mol. The lowest BCUT2D eigenvalue weighted by atomic mass is 9.89. The zero-order valence-corrected chi connectivity index (χ0v) is 23.1. The third-order valence-electron chi connectivity index (χ3n) is 8.76. The standard InChI is InChI=1S/C40H23N3/c1-41-33-14-16-36-35-15-13-25(22-37(35)43(38(36)23-33)34-7-3-2-4-8-34)31-18-26-9-11-28-20-32(30-6-5-17-42-24-30)21-29-12-10-27(19-31)39(26)40(28)29/h2-24H. The summed E-state index contributed by atoms with van der Waals surface area (Å²) in [5, 5.41) is 9.92. The minimum Gasteiger partial charge on any atom is -0.310 e. The molecule has 43 heavy (non-hydrogen) atoms. The zero-order chi connectivity index (χ0) is 28.5. The van der Waals surface area contributed by atoms with Crippen molar-refractivity contribution >= 4 is 59.8 Å². The number of fused-ring (bicyclic) bond motifs is 3. The number of aromatic nitrogens is 2. The van der Waals surface area contributed by atoms with Crippen molar-refractivity contribution in [2.45, 2.75) is 0 Å². The summed E-state index contributed by atoms with van der Waals surface area (Å²) >= 11 is 0. The van der Waals surface area contributed by atoms with Gasteiger partial charge in [-0.3, -0.25) is 4.98 Å². The van der Waals surface area contributed by atoms with Crippen molar-refractivity contribution in [1.82, 2.24) is 9.55 Å². The van der Waals surface area contributed by atoms with Crippen LogP contribution in [0.2, 0.25) is 0 Å². The van der Waals surface area contributed by atoms with E-state index in [1.54, 1.807) is 0 Å². The molecule has 0 aliphatic heterocycles. The second-order valence-electron chi connectivity index (χ2n) is 11.2. The minimum absolute atomic E-state index is 0.646. The highest BCUT2D eigenvalue weighted by Gasteiger charge is 2.16. The number of hydrogen-bond donors (Lipinski definition) is 0. The van der Waals surface area contributed by atoms with Gasteiger partial charge in [-0.1, -0.05) is 72.8 Å². The molecule has 0 amide bonds. The van der Waals surface area contributed by atoms with E-state index < -0.39 is 0 Å². The van der Waals surface area contributed by atoms with Crippen LogP contribution in [0.15, 0.2) is 140 Å². The maximum atomic E-state index is 7.59. The van der Waals surface area contributed by atoms with Gasteiger partial charge in [0.25, 0.3) is 0 Å². The molecule has 0 spiro atoms. The molecule has 0 radical (unpaired) electrons. The van der Waals surface area contributed by atoms with E-state index in [0.29, 0.717) is 5.69 Å². The van der Waals surface area contributed by atoms with Crippen LogP contribution in [0.3, 0.4) is 0 Å². The summed E-state index contributed by atoms with van der Waals surface area (Å²) < 4.78 is 2.29. The van der Waals surface area contributed by atoms with Crippen LogP contribution in [0, 0.1) is 6.57 Å². The molecule has 0 aliphatic carbocycles. The Morgan fingerprint density at radius 3 is 1.72 bits per heavy atom. The predicted molar refractivity (Wildman–Crippen MR) is 179 cm³/mol. The lowest BCUT2D eigenvalue weighted by molar-refractivity contribution is 1.18. The molecule has 2 aromatic heterocycles. The first kappa shape index (κ1) is 23.7. The van der Waals surface area contributed by atoms with E-state index in [1.165, 1.54) is 54.4 Å². The Labute approximate surface area is 248 Å². The minimum atomic E-state index is 0.646. The molecule has 0 aliphatic rings. The molecular formula is C40H23N3. The van der Waals surface area contributed by atoms with Crippen LogP contribution >= 0.6 is 0 Å². The Kier molecular flexibility index (Phi) is 4.97. The monoisotopic (exact) mass is 545 g/mol. The van der Waals surface area contributed by atoms with Gasteiger partial charge in [0.2, 0.25) is 0 Å². The Hall–Kier alpha value is -5.98. The summed E-state index contributed by atoms with van der Waals surface area (Å²) in [7, 11) is 0. The summed E-state index contributed by atoms with van der Waals surface area (Å²) in [4.78, 5) is 8.04. The lowest BCUT2D eigenvalue weighted by Gasteiger charge is -2.15. The van der Waals surface area contributed by atoms with Crippen molar-refractivity contribution < 1.29 is 0 Å². The van der Waals surface area contributed by atoms with Crippen molar-refractivity contribution in [2.24, 2.45) is 0 Å². The van der Waals surface area contributed by atoms with E-state index in [-0.39, 0.29) is 0 Å². The first-order valence-electron chi connectivity index (χ1n) is 14.4. The quantitative estimate of drug-likeness (QED) is 0.160. The van der Waals surface area contributed by atoms with Crippen molar-refractivity contribution in [3.63, 3.8) is 0 Å². The highest BCUT2D eigenvalue weighted by Crippen LogP contribution is 2.41. The highest BCUT2D eigenvalue weighted by atomic mass is 15.0. The molecule has 0 N–H and O–H groups in total. The molecule has 0 saturated heterocycles. The molecule has 7 aromatic carbocycles. The molecule has 9 rings (SSSR count). The lowest BCUT2D eigenvalue weighted by Crippen LogP contribution is -1.93. The van der Waals surface area contributed by atoms with Crippen LogP contribution < -0.4 is 0 Å². The molecule has 9 aromatic rings. The number of rotatable bonds is 3. The van der Waals surface area contributed by atoms with Gasteiger partial charge in [0.15, 0.2) is 5.69 Å². The largest absolute Gasteiger partial charge is 0.310 e. The Morgan fingerprint density at radius 1 is 0.512 bits per heavy atom. The Balaban J connectivity index is 1.26. The van der Waals surface area contributed by atoms with E-state index in [9.17, 15) is 0 Å². The fraction of sp³-hybridized carbons (Fsp3) is 0. The van der Waals surface area contributed by atoms with Gasteiger partial charge in [0.05, 0.1) is 12.1 Å². The fourth-order valence-corrected chi connectivity index (χ4v) is 6.82. The van der Waals surface area contributed by atoms with Crippen LogP contribution in [0.4, 0.5) is 5.69 Å². The van der Waals surface area contributed by atoms with Gasteiger partial charge in [-0.25, -0.2) is 4.85 Å². The summed E-state index contributed by atoms with van der Waals surface area (Å²) in [6.45, 7) is 7.59. The second kappa shape index (κ2) is 9.01. The van der Waals surface area contributed by atoms with Gasteiger partial charge >= 0.3 is 0 Å². The van der Waals surface area contributed by atoms with Crippen LogP contribution in [0.1, 0.15) is 0 Å². The molecule has 0 bridgehead atoms. The van der Waals surface area contributed by atoms with E-state index in [4.69, 9.17) is 6.57 Å². The third kappa shape index (κ3) is 3.57. The molecule has 0 atom stereocenters. The number of benzene rings is 7. The molecule has 3 nitrogen and oxygen atoms in total. The van der Waals surface area contributed by atoms with Gasteiger partial charge in [-0.15, -0.1) is 0 Å². The number of nitrogens with zero attached hydrogens (tertiary/aromatic N) is 3. The van der Waals surface area contributed by atoms with Gasteiger partial charge in [0.1, 0.15) is 0 Å². The van der Waals surface area contributed by atoms with Gasteiger partial charge in [-0.2, -0.15) is 0 Å². The van der Waals surface area contributed by atoms with Crippen molar-refractivity contribution in [1.29, 1.82) is 0 Å². The third-order valence-corrected chi connectivity index (χ3v) is 8.76. The smallest absolute Gasteiger partial charge is 0.189 e. The summed E-state index contributed by atoms with van der Waals surface area (Å²) in [6, 6.07) is 45.5. The number of para-hydroxylation sites is 1. The van der Waals surface area contributed by atoms with Crippen LogP contribution in [-0.2, 0) is 0 Å². The van der Waals surface area contributed by atoms with Gasteiger partial charge in [0, 0.05) is 39.9 Å². The SMILES string of the molecule is [C-]#[N+]c1ccc2c3ccc(-c4cc5ccc6cc(-c7cccnc7)cc7ccc(c4)c5c67)cc3n(-c3ccccc3)c2c1. The molecule has 3 heteroatoms. The average molecular weight is 546 g/mol. The van der Waals surface area contributed by atoms with E-state index in [2.05, 4.69) is 118 Å². The summed E-state index contributed by atoms with van der Waals surface area (Å²) in [5.74, 6) is 0. The Morgan fingerprint density at radius 2 is 1.12 bits per heavy atom. The molecule has 198 valence electrons. The first-order valence-corrected chi connectivity index (χ1v) is 14.4. The average Bonchev–Trinajstić information content (AvgIpc) is 3.40. The highest BCUT2D eigenvalue weighted by molar-refractivity contribution is 6.24. The van der Waals surface area contributed by atoms with Crippen LogP contribution in [0.5, 0.6) is 0 Å².